The van der Waals surface area contributed by atoms with Crippen molar-refractivity contribution in [3.63, 3.8) is 0 Å². The van der Waals surface area contributed by atoms with Crippen molar-refractivity contribution < 1.29 is 22.0 Å². The van der Waals surface area contributed by atoms with E-state index < -0.39 is 23.7 Å². The minimum Gasteiger partial charge on any atom is -0.309 e. The minimum absolute atomic E-state index is 0.108. The van der Waals surface area contributed by atoms with Crippen LogP contribution in [0.25, 0.3) is 0 Å². The van der Waals surface area contributed by atoms with Crippen molar-refractivity contribution in [2.45, 2.75) is 44.0 Å². The summed E-state index contributed by atoms with van der Waals surface area (Å²) in [6, 6.07) is 7.85. The van der Waals surface area contributed by atoms with Gasteiger partial charge in [0.1, 0.15) is 0 Å². The molecule has 25 heavy (non-hydrogen) atoms. The molecular formula is C17H26NO5PS. The first-order valence-electron chi connectivity index (χ1n) is 8.54. The monoisotopic (exact) mass is 387 g/mol. The molecule has 1 atom stereocenters. The van der Waals surface area contributed by atoms with E-state index in [0.717, 1.165) is 18.4 Å². The minimum atomic E-state index is -3.64. The van der Waals surface area contributed by atoms with Gasteiger partial charge in [-0.15, -0.1) is 0 Å². The van der Waals surface area contributed by atoms with Crippen LogP contribution in [0.3, 0.4) is 0 Å². The number of rotatable bonds is 9. The Hall–Kier alpha value is -0.980. The Morgan fingerprint density at radius 3 is 2.40 bits per heavy atom. The molecular weight excluding hydrogens is 361 g/mol. The molecule has 0 amide bonds. The third-order valence-electron chi connectivity index (χ3n) is 3.93. The number of hydrogen-bond acceptors (Lipinski definition) is 5. The lowest BCUT2D eigenvalue weighted by atomic mass is 9.96. The van der Waals surface area contributed by atoms with E-state index in [1.54, 1.807) is 44.2 Å². The van der Waals surface area contributed by atoms with Crippen molar-refractivity contribution in [3.05, 3.63) is 42.0 Å². The van der Waals surface area contributed by atoms with Gasteiger partial charge in [0.05, 0.1) is 24.3 Å². The van der Waals surface area contributed by atoms with Crippen molar-refractivity contribution in [2.24, 2.45) is 0 Å². The van der Waals surface area contributed by atoms with Gasteiger partial charge >= 0.3 is 7.60 Å². The summed E-state index contributed by atoms with van der Waals surface area (Å²) in [4.78, 5) is 0.220. The molecule has 0 aliphatic heterocycles. The summed E-state index contributed by atoms with van der Waals surface area (Å²) in [5.74, 6) is 0. The first kappa shape index (κ1) is 20.3. The number of benzene rings is 1. The Morgan fingerprint density at radius 1 is 1.16 bits per heavy atom. The van der Waals surface area contributed by atoms with Crippen molar-refractivity contribution in [3.8, 4) is 0 Å². The lowest BCUT2D eigenvalue weighted by Gasteiger charge is -2.27. The highest BCUT2D eigenvalue weighted by molar-refractivity contribution is 7.89. The molecule has 0 heterocycles. The number of sulfonamides is 1. The number of hydrogen-bond donors (Lipinski definition) is 1. The van der Waals surface area contributed by atoms with Gasteiger partial charge in [0.25, 0.3) is 0 Å². The van der Waals surface area contributed by atoms with E-state index in [9.17, 15) is 13.0 Å². The lowest BCUT2D eigenvalue weighted by molar-refractivity contribution is 0.221. The molecule has 0 spiro atoms. The van der Waals surface area contributed by atoms with Gasteiger partial charge < -0.3 is 9.05 Å². The van der Waals surface area contributed by atoms with Crippen LogP contribution in [0.4, 0.5) is 0 Å². The van der Waals surface area contributed by atoms with Gasteiger partial charge in [-0.2, -0.15) is 0 Å². The molecule has 1 aromatic rings. The van der Waals surface area contributed by atoms with Gasteiger partial charge in [-0.05, 0) is 50.8 Å². The molecule has 140 valence electrons. The van der Waals surface area contributed by atoms with Crippen molar-refractivity contribution >= 4 is 17.6 Å². The van der Waals surface area contributed by atoms with Crippen LogP contribution in [0.1, 0.15) is 33.1 Å². The topological polar surface area (TPSA) is 81.7 Å². The molecule has 2 rings (SSSR count). The quantitative estimate of drug-likeness (QED) is 0.516. The van der Waals surface area contributed by atoms with Crippen LogP contribution >= 0.6 is 7.60 Å². The molecule has 1 aliphatic rings. The maximum Gasteiger partial charge on any atom is 0.334 e. The molecule has 0 bridgehead atoms. The molecule has 1 unspecified atom stereocenters. The summed E-state index contributed by atoms with van der Waals surface area (Å²) < 4.78 is 51.4. The number of nitrogens with one attached hydrogen (secondary N) is 1. The van der Waals surface area contributed by atoms with Crippen molar-refractivity contribution in [1.29, 1.82) is 0 Å². The molecule has 0 fully saturated rings. The third-order valence-corrected chi connectivity index (χ3v) is 7.47. The summed E-state index contributed by atoms with van der Waals surface area (Å²) in [6.45, 7) is 4.09. The first-order chi connectivity index (χ1) is 11.9. The average Bonchev–Trinajstić information content (AvgIpc) is 2.57. The predicted molar refractivity (Wildman–Crippen MR) is 98.2 cm³/mol. The Bertz CT molecular complexity index is 723. The molecule has 8 heteroatoms. The van der Waals surface area contributed by atoms with Gasteiger partial charge in [-0.25, -0.2) is 13.1 Å². The van der Waals surface area contributed by atoms with E-state index in [-0.39, 0.29) is 24.3 Å². The Morgan fingerprint density at radius 2 is 1.80 bits per heavy atom. The highest BCUT2D eigenvalue weighted by Crippen LogP contribution is 2.50. The van der Waals surface area contributed by atoms with Gasteiger partial charge in [-0.3, -0.25) is 4.57 Å². The molecule has 0 saturated carbocycles. The van der Waals surface area contributed by atoms with E-state index in [1.165, 1.54) is 0 Å². The second-order valence-corrected chi connectivity index (χ2v) is 9.57. The fraction of sp³-hybridized carbons (Fsp3) is 0.529. The van der Waals surface area contributed by atoms with Crippen LogP contribution in [0, 0.1) is 0 Å². The molecule has 6 nitrogen and oxygen atoms in total. The summed E-state index contributed by atoms with van der Waals surface area (Å²) in [5, 5.41) is 0. The van der Waals surface area contributed by atoms with E-state index >= 15 is 0 Å². The Balaban J connectivity index is 2.18. The lowest BCUT2D eigenvalue weighted by Crippen LogP contribution is -2.38. The second-order valence-electron chi connectivity index (χ2n) is 5.80. The smallest absolute Gasteiger partial charge is 0.309 e. The van der Waals surface area contributed by atoms with Gasteiger partial charge in [0.2, 0.25) is 10.0 Å². The first-order valence-corrected chi connectivity index (χ1v) is 11.8. The molecule has 1 N–H and O–H groups in total. The molecule has 1 aliphatic carbocycles. The molecule has 0 radical (unpaired) electrons. The third kappa shape index (κ3) is 5.76. The average molecular weight is 387 g/mol. The molecule has 1 aromatic carbocycles. The summed E-state index contributed by atoms with van der Waals surface area (Å²) in [7, 11) is -6.90. The Labute approximate surface area is 150 Å². The molecule has 0 aromatic heterocycles. The Kier molecular flexibility index (Phi) is 7.40. The van der Waals surface area contributed by atoms with Crippen molar-refractivity contribution in [1.82, 2.24) is 4.72 Å². The maximum atomic E-state index is 12.8. The van der Waals surface area contributed by atoms with Crippen LogP contribution in [-0.2, 0) is 23.6 Å². The summed E-state index contributed by atoms with van der Waals surface area (Å²) in [6.07, 6.45) is 4.43. The second kappa shape index (κ2) is 9.10. The molecule has 0 saturated heterocycles. The zero-order valence-electron chi connectivity index (χ0n) is 14.7. The largest absolute Gasteiger partial charge is 0.334 e. The van der Waals surface area contributed by atoms with Crippen LogP contribution in [0.5, 0.6) is 0 Å². The van der Waals surface area contributed by atoms with Crippen LogP contribution in [-0.4, -0.2) is 33.8 Å². The van der Waals surface area contributed by atoms with Crippen LogP contribution < -0.4 is 4.72 Å². The standard InChI is InChI=1S/C17H26NO5PS/c1-3-22-24(19,23-4-2)14-15-10-8-9-13-17(15)18-25(20,21)16-11-6-5-7-12-16/h5-7,10-12,17-18H,3-4,8-9,13-14H2,1-2H3. The zero-order chi connectivity index (χ0) is 18.3. The van der Waals surface area contributed by atoms with E-state index in [2.05, 4.69) is 4.72 Å². The van der Waals surface area contributed by atoms with E-state index in [1.807, 2.05) is 6.08 Å². The fourth-order valence-corrected chi connectivity index (χ4v) is 5.98. The summed E-state index contributed by atoms with van der Waals surface area (Å²) >= 11 is 0. The van der Waals surface area contributed by atoms with Crippen molar-refractivity contribution in [2.75, 3.05) is 19.4 Å². The zero-order valence-corrected chi connectivity index (χ0v) is 16.4. The van der Waals surface area contributed by atoms with Gasteiger partial charge in [-0.1, -0.05) is 24.3 Å². The maximum absolute atomic E-state index is 12.8. The van der Waals surface area contributed by atoms with Gasteiger partial charge in [0, 0.05) is 6.04 Å². The van der Waals surface area contributed by atoms with Gasteiger partial charge in [0.15, 0.2) is 0 Å². The fourth-order valence-electron chi connectivity index (χ4n) is 2.85. The van der Waals surface area contributed by atoms with E-state index in [4.69, 9.17) is 9.05 Å². The normalized spacial score (nSPS) is 18.8. The highest BCUT2D eigenvalue weighted by atomic mass is 32.2. The van der Waals surface area contributed by atoms with Crippen LogP contribution in [0.15, 0.2) is 46.9 Å². The predicted octanol–water partition coefficient (Wildman–Crippen LogP) is 3.71. The SMILES string of the molecule is CCOP(=O)(CC1=CCCCC1NS(=O)(=O)c1ccccc1)OCC. The number of allylic oxidation sites excluding steroid dienone is 1. The van der Waals surface area contributed by atoms with Crippen LogP contribution in [0.2, 0.25) is 0 Å². The van der Waals surface area contributed by atoms with E-state index in [0.29, 0.717) is 6.42 Å². The summed E-state index contributed by atoms with van der Waals surface area (Å²) in [5.41, 5.74) is 0.774. The highest BCUT2D eigenvalue weighted by Gasteiger charge is 2.31.